The molecular weight excluding hydrogens is 202 g/mol. The first-order chi connectivity index (χ1) is 7.69. The second-order valence-electron chi connectivity index (χ2n) is 5.21. The maximum Gasteiger partial charge on any atom is 0.191 e. The highest BCUT2D eigenvalue weighted by molar-refractivity contribution is 5.80. The number of rotatable bonds is 3. The normalized spacial score (nSPS) is 33.5. The van der Waals surface area contributed by atoms with Crippen LogP contribution in [0.2, 0.25) is 0 Å². The predicted octanol–water partition coefficient (Wildman–Crippen LogP) is 1.13. The summed E-state index contributed by atoms with van der Waals surface area (Å²) in [5.74, 6) is 1.55. The third-order valence-electron chi connectivity index (χ3n) is 3.33. The van der Waals surface area contributed by atoms with Crippen LogP contribution < -0.4 is 10.6 Å². The Morgan fingerprint density at radius 3 is 2.75 bits per heavy atom. The Morgan fingerprint density at radius 2 is 2.25 bits per heavy atom. The van der Waals surface area contributed by atoms with Crippen molar-refractivity contribution in [3.8, 4) is 0 Å². The molecule has 4 nitrogen and oxygen atoms in total. The van der Waals surface area contributed by atoms with Gasteiger partial charge in [0.15, 0.2) is 5.96 Å². The zero-order valence-corrected chi connectivity index (χ0v) is 10.5. The molecule has 0 amide bonds. The number of ether oxygens (including phenoxy) is 1. The molecule has 2 rings (SSSR count). The second-order valence-corrected chi connectivity index (χ2v) is 5.21. The molecule has 0 spiro atoms. The van der Waals surface area contributed by atoms with Gasteiger partial charge in [-0.2, -0.15) is 0 Å². The fraction of sp³-hybridized carbons (Fsp3) is 0.917. The first kappa shape index (κ1) is 11.7. The number of nitrogens with one attached hydrogen (secondary N) is 2. The van der Waals surface area contributed by atoms with E-state index in [-0.39, 0.29) is 0 Å². The zero-order valence-electron chi connectivity index (χ0n) is 10.5. The average Bonchev–Trinajstić information content (AvgIpc) is 2.85. The Kier molecular flexibility index (Phi) is 3.69. The Labute approximate surface area is 97.9 Å². The molecule has 0 aromatic carbocycles. The maximum atomic E-state index is 5.81. The monoisotopic (exact) mass is 225 g/mol. The van der Waals surface area contributed by atoms with Gasteiger partial charge < -0.3 is 15.4 Å². The first-order valence-electron chi connectivity index (χ1n) is 6.31. The smallest absolute Gasteiger partial charge is 0.191 e. The van der Waals surface area contributed by atoms with E-state index in [2.05, 4.69) is 29.5 Å². The summed E-state index contributed by atoms with van der Waals surface area (Å²) in [4.78, 5) is 4.25. The van der Waals surface area contributed by atoms with Crippen LogP contribution in [0, 0.1) is 5.92 Å². The van der Waals surface area contributed by atoms with Crippen LogP contribution in [0.4, 0.5) is 0 Å². The number of aliphatic imine (C=N–C) groups is 1. The van der Waals surface area contributed by atoms with Gasteiger partial charge in [-0.1, -0.05) is 13.8 Å². The predicted molar refractivity (Wildman–Crippen MR) is 65.6 cm³/mol. The topological polar surface area (TPSA) is 45.7 Å². The van der Waals surface area contributed by atoms with Gasteiger partial charge in [-0.05, 0) is 25.2 Å². The van der Waals surface area contributed by atoms with Crippen LogP contribution in [0.25, 0.3) is 0 Å². The van der Waals surface area contributed by atoms with E-state index in [1.54, 1.807) is 0 Å². The van der Waals surface area contributed by atoms with Gasteiger partial charge in [-0.15, -0.1) is 0 Å². The third kappa shape index (κ3) is 2.67. The lowest BCUT2D eigenvalue weighted by Gasteiger charge is -2.23. The van der Waals surface area contributed by atoms with E-state index in [4.69, 9.17) is 4.74 Å². The molecule has 0 aromatic heterocycles. The van der Waals surface area contributed by atoms with Crippen LogP contribution in [-0.4, -0.2) is 37.8 Å². The van der Waals surface area contributed by atoms with Gasteiger partial charge in [-0.25, -0.2) is 0 Å². The largest absolute Gasteiger partial charge is 0.373 e. The van der Waals surface area contributed by atoms with Crippen LogP contribution in [0.1, 0.15) is 33.1 Å². The van der Waals surface area contributed by atoms with E-state index >= 15 is 0 Å². The summed E-state index contributed by atoms with van der Waals surface area (Å²) in [5.41, 5.74) is 0. The maximum absolute atomic E-state index is 5.81. The summed E-state index contributed by atoms with van der Waals surface area (Å²) >= 11 is 0. The summed E-state index contributed by atoms with van der Waals surface area (Å²) in [6.07, 6.45) is 4.46. The molecule has 0 aliphatic carbocycles. The standard InChI is InChI=1S/C12H23N3O/c1-8(2)7-14-12(13-3)15-10-6-9-4-5-11(10)16-9/h8-11H,4-7H2,1-3H3,(H2,13,14,15). The lowest BCUT2D eigenvalue weighted by atomic mass is 9.96. The van der Waals surface area contributed by atoms with Crippen LogP contribution in [0.5, 0.6) is 0 Å². The van der Waals surface area contributed by atoms with E-state index in [0.717, 1.165) is 18.9 Å². The highest BCUT2D eigenvalue weighted by Gasteiger charge is 2.40. The Balaban J connectivity index is 1.79. The van der Waals surface area contributed by atoms with Gasteiger partial charge in [0, 0.05) is 13.6 Å². The van der Waals surface area contributed by atoms with Crippen molar-refractivity contribution >= 4 is 5.96 Å². The fourth-order valence-corrected chi connectivity index (χ4v) is 2.46. The highest BCUT2D eigenvalue weighted by atomic mass is 16.5. The first-order valence-corrected chi connectivity index (χ1v) is 6.31. The summed E-state index contributed by atoms with van der Waals surface area (Å²) in [6.45, 7) is 5.35. The summed E-state index contributed by atoms with van der Waals surface area (Å²) in [6, 6.07) is 0.456. The quantitative estimate of drug-likeness (QED) is 0.559. The number of guanidine groups is 1. The van der Waals surface area contributed by atoms with E-state index in [9.17, 15) is 0 Å². The number of hydrogen-bond acceptors (Lipinski definition) is 2. The molecule has 2 aliphatic heterocycles. The molecule has 2 bridgehead atoms. The molecule has 3 unspecified atom stereocenters. The van der Waals surface area contributed by atoms with Gasteiger partial charge in [0.2, 0.25) is 0 Å². The second kappa shape index (κ2) is 5.04. The Hall–Kier alpha value is -0.770. The van der Waals surface area contributed by atoms with Crippen molar-refractivity contribution in [1.82, 2.24) is 10.6 Å². The van der Waals surface area contributed by atoms with Gasteiger partial charge in [-0.3, -0.25) is 4.99 Å². The van der Waals surface area contributed by atoms with Crippen molar-refractivity contribution in [2.45, 2.75) is 51.4 Å². The summed E-state index contributed by atoms with van der Waals surface area (Å²) in [5, 5.41) is 6.80. The van der Waals surface area contributed by atoms with Crippen LogP contribution in [-0.2, 0) is 4.74 Å². The van der Waals surface area contributed by atoms with E-state index in [1.807, 2.05) is 7.05 Å². The number of hydrogen-bond donors (Lipinski definition) is 2. The third-order valence-corrected chi connectivity index (χ3v) is 3.33. The lowest BCUT2D eigenvalue weighted by molar-refractivity contribution is 0.0992. The van der Waals surface area contributed by atoms with Gasteiger partial charge in [0.05, 0.1) is 18.2 Å². The molecule has 0 radical (unpaired) electrons. The van der Waals surface area contributed by atoms with Crippen molar-refractivity contribution < 1.29 is 4.74 Å². The molecule has 0 saturated carbocycles. The van der Waals surface area contributed by atoms with Crippen molar-refractivity contribution in [3.63, 3.8) is 0 Å². The van der Waals surface area contributed by atoms with E-state index in [0.29, 0.717) is 24.2 Å². The van der Waals surface area contributed by atoms with E-state index in [1.165, 1.54) is 12.8 Å². The lowest BCUT2D eigenvalue weighted by Crippen LogP contribution is -2.48. The molecule has 2 heterocycles. The van der Waals surface area contributed by atoms with Crippen molar-refractivity contribution in [2.75, 3.05) is 13.6 Å². The minimum atomic E-state index is 0.405. The van der Waals surface area contributed by atoms with E-state index < -0.39 is 0 Å². The van der Waals surface area contributed by atoms with Gasteiger partial charge >= 0.3 is 0 Å². The van der Waals surface area contributed by atoms with Crippen molar-refractivity contribution in [3.05, 3.63) is 0 Å². The molecule has 3 atom stereocenters. The minimum Gasteiger partial charge on any atom is -0.373 e. The molecule has 2 N–H and O–H groups in total. The molecule has 4 heteroatoms. The van der Waals surface area contributed by atoms with Crippen LogP contribution >= 0.6 is 0 Å². The SMILES string of the molecule is CN=C(NCC(C)C)NC1CC2CCC1O2. The van der Waals surface area contributed by atoms with Gasteiger partial charge in [0.25, 0.3) is 0 Å². The molecule has 2 aliphatic rings. The number of nitrogens with zero attached hydrogens (tertiary/aromatic N) is 1. The number of fused-ring (bicyclic) bond motifs is 2. The zero-order chi connectivity index (χ0) is 11.5. The summed E-state index contributed by atoms with van der Waals surface area (Å²) in [7, 11) is 1.82. The highest BCUT2D eigenvalue weighted by Crippen LogP contribution is 2.34. The van der Waals surface area contributed by atoms with Crippen molar-refractivity contribution in [1.29, 1.82) is 0 Å². The summed E-state index contributed by atoms with van der Waals surface area (Å²) < 4.78 is 5.81. The Bertz CT molecular complexity index is 265. The average molecular weight is 225 g/mol. The molecule has 0 aromatic rings. The molecule has 2 fully saturated rings. The molecule has 92 valence electrons. The molecule has 16 heavy (non-hydrogen) atoms. The minimum absolute atomic E-state index is 0.405. The molecular formula is C12H23N3O. The molecule has 2 saturated heterocycles. The van der Waals surface area contributed by atoms with Crippen molar-refractivity contribution in [2.24, 2.45) is 10.9 Å². The Morgan fingerprint density at radius 1 is 1.44 bits per heavy atom. The van der Waals surface area contributed by atoms with Crippen LogP contribution in [0.15, 0.2) is 4.99 Å². The van der Waals surface area contributed by atoms with Gasteiger partial charge in [0.1, 0.15) is 0 Å². The fourth-order valence-electron chi connectivity index (χ4n) is 2.46. The van der Waals surface area contributed by atoms with Crippen LogP contribution in [0.3, 0.4) is 0 Å².